The average Bonchev–Trinajstić information content (AvgIpc) is 3.08. The van der Waals surface area contributed by atoms with Gasteiger partial charge in [0.05, 0.1) is 12.7 Å². The summed E-state index contributed by atoms with van der Waals surface area (Å²) in [6.07, 6.45) is -3.40. The summed E-state index contributed by atoms with van der Waals surface area (Å²) in [6, 6.07) is 1.79. The number of hydrogen-bond acceptors (Lipinski definition) is 4. The summed E-state index contributed by atoms with van der Waals surface area (Å²) in [6.45, 7) is 7.30. The number of carbonyl (C=O) groups excluding carboxylic acids is 1. The lowest BCUT2D eigenvalue weighted by atomic mass is 10.1. The second-order valence-corrected chi connectivity index (χ2v) is 5.55. The molecular formula is C19H26F4N2O3. The Morgan fingerprint density at radius 1 is 1.14 bits per heavy atom. The smallest absolute Gasteiger partial charge is 0.434 e. The monoisotopic (exact) mass is 406 g/mol. The average molecular weight is 406 g/mol. The molecule has 0 aliphatic heterocycles. The van der Waals surface area contributed by atoms with Crippen LogP contribution in [0.5, 0.6) is 5.75 Å². The fraction of sp³-hybridized carbons (Fsp3) is 0.474. The van der Waals surface area contributed by atoms with Gasteiger partial charge in [-0.15, -0.1) is 0 Å². The summed E-state index contributed by atoms with van der Waals surface area (Å²) >= 11 is 0. The predicted molar refractivity (Wildman–Crippen MR) is 99.2 cm³/mol. The Morgan fingerprint density at radius 3 is 2.07 bits per heavy atom. The first-order valence-corrected chi connectivity index (χ1v) is 8.49. The summed E-state index contributed by atoms with van der Waals surface area (Å²) in [5.74, 6) is -1.15. The van der Waals surface area contributed by atoms with Crippen LogP contribution in [0.15, 0.2) is 18.3 Å². The van der Waals surface area contributed by atoms with Crippen molar-refractivity contribution in [2.45, 2.75) is 39.9 Å². The lowest BCUT2D eigenvalue weighted by Crippen LogP contribution is -2.05. The second-order valence-electron chi connectivity index (χ2n) is 5.55. The summed E-state index contributed by atoms with van der Waals surface area (Å²) in [5, 5.41) is 0. The molecule has 2 aromatic rings. The normalized spacial score (nSPS) is 10.6. The lowest BCUT2D eigenvalue weighted by molar-refractivity contribution is -0.140. The molecule has 0 radical (unpaired) electrons. The molecule has 9 heteroatoms. The van der Waals surface area contributed by atoms with E-state index in [2.05, 4.69) is 9.72 Å². The number of nitrogens with zero attached hydrogens (tertiary/aromatic N) is 2. The van der Waals surface area contributed by atoms with E-state index in [0.29, 0.717) is 6.29 Å². The van der Waals surface area contributed by atoms with E-state index < -0.39 is 17.7 Å². The summed E-state index contributed by atoms with van der Waals surface area (Å²) in [5.41, 5.74) is -1.33. The fourth-order valence-electron chi connectivity index (χ4n) is 2.16. The van der Waals surface area contributed by atoms with E-state index in [0.717, 1.165) is 12.3 Å². The zero-order valence-corrected chi connectivity index (χ0v) is 17.0. The number of ether oxygens (including phenoxy) is 2. The maximum absolute atomic E-state index is 14.3. The zero-order valence-electron chi connectivity index (χ0n) is 17.0. The summed E-state index contributed by atoms with van der Waals surface area (Å²) in [4.78, 5) is 14.3. The van der Waals surface area contributed by atoms with Crippen molar-refractivity contribution in [3.63, 3.8) is 0 Å². The first kappa shape index (κ1) is 25.6. The van der Waals surface area contributed by atoms with E-state index in [-0.39, 0.29) is 28.7 Å². The highest BCUT2D eigenvalue weighted by Crippen LogP contribution is 2.37. The molecule has 2 rings (SSSR count). The predicted octanol–water partition coefficient (Wildman–Crippen LogP) is 5.40. The van der Waals surface area contributed by atoms with Crippen molar-refractivity contribution in [2.75, 3.05) is 21.3 Å². The quantitative estimate of drug-likeness (QED) is 0.504. The molecule has 0 saturated heterocycles. The van der Waals surface area contributed by atoms with Crippen molar-refractivity contribution < 1.29 is 31.8 Å². The van der Waals surface area contributed by atoms with Gasteiger partial charge in [-0.1, -0.05) is 13.8 Å². The highest BCUT2D eigenvalue weighted by Gasteiger charge is 2.36. The van der Waals surface area contributed by atoms with Gasteiger partial charge in [-0.25, -0.2) is 9.37 Å². The van der Waals surface area contributed by atoms with Crippen LogP contribution >= 0.6 is 0 Å². The minimum atomic E-state index is -4.65. The van der Waals surface area contributed by atoms with Gasteiger partial charge in [-0.3, -0.25) is 4.79 Å². The van der Waals surface area contributed by atoms with Crippen molar-refractivity contribution in [2.24, 2.45) is 0 Å². The van der Waals surface area contributed by atoms with Gasteiger partial charge >= 0.3 is 6.18 Å². The maximum Gasteiger partial charge on any atom is 0.434 e. The summed E-state index contributed by atoms with van der Waals surface area (Å²) in [7, 11) is 4.49. The number of methoxy groups -OCH3 is 2. The Hall–Kier alpha value is -2.42. The van der Waals surface area contributed by atoms with Crippen LogP contribution in [0.3, 0.4) is 0 Å². The van der Waals surface area contributed by atoms with Crippen LogP contribution in [-0.4, -0.2) is 37.2 Å². The number of carbonyl (C=O) groups is 1. The molecule has 1 aromatic carbocycles. The SMILES string of the molecule is CC.COC.COc1cc(C=O)cc(F)c1-c1nc(C(F)(F)F)cn1C(C)C. The van der Waals surface area contributed by atoms with Gasteiger partial charge in [0.1, 0.15) is 23.7 Å². The first-order valence-electron chi connectivity index (χ1n) is 8.49. The molecule has 0 saturated carbocycles. The van der Waals surface area contributed by atoms with Crippen molar-refractivity contribution in [1.82, 2.24) is 9.55 Å². The molecule has 0 fully saturated rings. The van der Waals surface area contributed by atoms with E-state index in [4.69, 9.17) is 4.74 Å². The Kier molecular flexibility index (Phi) is 10.4. The van der Waals surface area contributed by atoms with Gasteiger partial charge in [-0.05, 0) is 26.0 Å². The van der Waals surface area contributed by atoms with E-state index in [1.807, 2.05) is 13.8 Å². The number of halogens is 4. The molecule has 0 unspecified atom stereocenters. The van der Waals surface area contributed by atoms with Crippen LogP contribution in [0.2, 0.25) is 0 Å². The molecular weight excluding hydrogens is 380 g/mol. The van der Waals surface area contributed by atoms with Gasteiger partial charge in [0.2, 0.25) is 0 Å². The third-order valence-electron chi connectivity index (χ3n) is 3.24. The topological polar surface area (TPSA) is 53.4 Å². The van der Waals surface area contributed by atoms with E-state index in [1.165, 1.54) is 17.7 Å². The minimum absolute atomic E-state index is 0.0156. The Morgan fingerprint density at radius 2 is 1.68 bits per heavy atom. The molecule has 158 valence electrons. The van der Waals surface area contributed by atoms with Gasteiger partial charge in [-0.2, -0.15) is 13.2 Å². The zero-order chi connectivity index (χ0) is 22.1. The number of aldehydes is 1. The number of rotatable bonds is 4. The molecule has 0 aliphatic rings. The number of benzene rings is 1. The highest BCUT2D eigenvalue weighted by molar-refractivity contribution is 5.79. The lowest BCUT2D eigenvalue weighted by Gasteiger charge is -2.14. The third-order valence-corrected chi connectivity index (χ3v) is 3.24. The molecule has 0 amide bonds. The van der Waals surface area contributed by atoms with Crippen LogP contribution in [0.4, 0.5) is 17.6 Å². The molecule has 28 heavy (non-hydrogen) atoms. The number of hydrogen-bond donors (Lipinski definition) is 0. The second kappa shape index (κ2) is 11.4. The largest absolute Gasteiger partial charge is 0.496 e. The standard InChI is InChI=1S/C15H14F4N2O2.C2H6O.C2H6/c1-8(2)21-6-12(15(17,18)19)20-14(21)13-10(16)4-9(7-22)5-11(13)23-3;1-3-2;1-2/h4-8H,1-3H3;1-2H3;1-2H3. The van der Waals surface area contributed by atoms with Crippen LogP contribution in [0.25, 0.3) is 11.4 Å². The number of imidazole rings is 1. The molecule has 5 nitrogen and oxygen atoms in total. The van der Waals surface area contributed by atoms with Crippen LogP contribution in [0.1, 0.15) is 49.8 Å². The van der Waals surface area contributed by atoms with Gasteiger partial charge in [0, 0.05) is 32.0 Å². The first-order chi connectivity index (χ1) is 13.1. The number of alkyl halides is 3. The molecule has 0 spiro atoms. The molecule has 0 atom stereocenters. The van der Waals surface area contributed by atoms with E-state index in [9.17, 15) is 22.4 Å². The molecule has 1 heterocycles. The van der Waals surface area contributed by atoms with E-state index >= 15 is 0 Å². The molecule has 0 bridgehead atoms. The van der Waals surface area contributed by atoms with Crippen molar-refractivity contribution in [3.8, 4) is 17.1 Å². The summed E-state index contributed by atoms with van der Waals surface area (Å²) < 4.78 is 63.6. The number of aromatic nitrogens is 2. The molecule has 1 aromatic heterocycles. The van der Waals surface area contributed by atoms with Crippen LogP contribution in [-0.2, 0) is 10.9 Å². The molecule has 0 aliphatic carbocycles. The van der Waals surface area contributed by atoms with Crippen molar-refractivity contribution >= 4 is 6.29 Å². The van der Waals surface area contributed by atoms with Crippen LogP contribution < -0.4 is 4.74 Å². The van der Waals surface area contributed by atoms with Gasteiger partial charge in [0.15, 0.2) is 5.69 Å². The third kappa shape index (κ3) is 6.33. The van der Waals surface area contributed by atoms with Gasteiger partial charge in [0.25, 0.3) is 0 Å². The van der Waals surface area contributed by atoms with Crippen molar-refractivity contribution in [3.05, 3.63) is 35.4 Å². The maximum atomic E-state index is 14.3. The van der Waals surface area contributed by atoms with Gasteiger partial charge < -0.3 is 14.0 Å². The Bertz CT molecular complexity index is 756. The Labute approximate surface area is 162 Å². The van der Waals surface area contributed by atoms with Crippen LogP contribution in [0, 0.1) is 5.82 Å². The minimum Gasteiger partial charge on any atom is -0.496 e. The highest BCUT2D eigenvalue weighted by atomic mass is 19.4. The Balaban J connectivity index is 0.00000133. The fourth-order valence-corrected chi connectivity index (χ4v) is 2.16. The van der Waals surface area contributed by atoms with E-state index in [1.54, 1.807) is 28.1 Å². The van der Waals surface area contributed by atoms with Crippen molar-refractivity contribution in [1.29, 1.82) is 0 Å². The molecule has 0 N–H and O–H groups in total.